The van der Waals surface area contributed by atoms with E-state index in [1.54, 1.807) is 0 Å². The highest BCUT2D eigenvalue weighted by Crippen LogP contribution is 1.74. The Morgan fingerprint density at radius 1 is 1.30 bits per heavy atom. The average molecular weight is 201 g/mol. The molecule has 2 N–H and O–H groups in total. The maximum absolute atomic E-state index is 10.2. The summed E-state index contributed by atoms with van der Waals surface area (Å²) in [6.45, 7) is 0. The van der Waals surface area contributed by atoms with Gasteiger partial charge >= 0.3 is 10.5 Å². The van der Waals surface area contributed by atoms with Crippen LogP contribution in [0.15, 0.2) is 0 Å². The molecule has 0 rings (SSSR count). The third-order valence-electron chi connectivity index (χ3n) is 0. The number of hydrogen-bond acceptors (Lipinski definition) is 6. The molecule has 0 saturated heterocycles. The smallest absolute Gasteiger partial charge is 0.260 e. The number of rotatable bonds is 0. The van der Waals surface area contributed by atoms with E-state index in [-0.39, 0.29) is 0 Å². The molecule has 0 spiro atoms. The lowest BCUT2D eigenvalue weighted by molar-refractivity contribution is -1.92. The second kappa shape index (κ2) is 3.98. The molecule has 0 aromatic carbocycles. The highest BCUT2D eigenvalue weighted by Gasteiger charge is 1.98. The van der Waals surface area contributed by atoms with Gasteiger partial charge in [0, 0.05) is 0 Å². The summed E-state index contributed by atoms with van der Waals surface area (Å²) in [6.07, 6.45) is 0. The molecule has 0 aromatic rings. The topological polar surface area (TPSA) is 144 Å². The Kier molecular flexibility index (Phi) is 5.02. The summed E-state index contributed by atoms with van der Waals surface area (Å²) in [5, 5.41) is 0. The highest BCUT2D eigenvalue weighted by molar-refractivity contribution is 7.80. The Morgan fingerprint density at radius 3 is 1.30 bits per heavy atom. The van der Waals surface area contributed by atoms with E-state index in [1.165, 1.54) is 0 Å². The molecule has 0 bridgehead atoms. The highest BCUT2D eigenvalue weighted by atomic mass is 35.7. The molecule has 10 heteroatoms. The van der Waals surface area contributed by atoms with Crippen molar-refractivity contribution in [3.8, 4) is 0 Å². The monoisotopic (exact) mass is 200 g/mol. The third kappa shape index (κ3) is 430000. The summed E-state index contributed by atoms with van der Waals surface area (Å²) >= 11 is 0. The molecule has 0 amide bonds. The molecule has 0 atom stereocenters. The van der Waals surface area contributed by atoms with Crippen LogP contribution in [0.2, 0.25) is 0 Å². The van der Waals surface area contributed by atoms with Crippen LogP contribution < -0.4 is 14.0 Å². The molecule has 10 heavy (non-hydrogen) atoms. The van der Waals surface area contributed by atoms with E-state index < -0.39 is 20.7 Å². The molecular weight excluding hydrogens is 199 g/mol. The minimum Gasteiger partial charge on any atom is -0.260 e. The molecule has 0 unspecified atom stereocenters. The standard InChI is InChI=1S/ClHO4.FHO3S/c2-1(3,4)5;1-5(2,3)4/h(H,2,3,4,5);(H,2,3,4). The van der Waals surface area contributed by atoms with Gasteiger partial charge in [-0.1, -0.05) is 3.89 Å². The summed E-state index contributed by atoms with van der Waals surface area (Å²) in [5.74, 6) is 0. The van der Waals surface area contributed by atoms with E-state index in [4.69, 9.17) is 31.6 Å². The minimum atomic E-state index is -5.17. The third-order valence-corrected chi connectivity index (χ3v) is 0. The molecule has 0 radical (unpaired) electrons. The maximum Gasteiger partial charge on any atom is 0.435 e. The molecule has 0 heterocycles. The summed E-state index contributed by atoms with van der Waals surface area (Å²) in [7, 11) is -9.86. The first-order valence-corrected chi connectivity index (χ1v) is 3.91. The first-order chi connectivity index (χ1) is 4.00. The van der Waals surface area contributed by atoms with Crippen LogP contribution in [-0.2, 0) is 10.5 Å². The lowest BCUT2D eigenvalue weighted by atomic mass is 15.8. The fraction of sp³-hybridized carbons (Fsp3) is 0. The van der Waals surface area contributed by atoms with Gasteiger partial charge in [-0.05, 0) is 0 Å². The Balaban J connectivity index is 0. The van der Waals surface area contributed by atoms with Crippen LogP contribution >= 0.6 is 0 Å². The van der Waals surface area contributed by atoms with Crippen molar-refractivity contribution in [3.63, 3.8) is 0 Å². The Morgan fingerprint density at radius 2 is 1.30 bits per heavy atom. The van der Waals surface area contributed by atoms with Crippen LogP contribution in [0.4, 0.5) is 3.89 Å². The largest absolute Gasteiger partial charge is 0.435 e. The van der Waals surface area contributed by atoms with Gasteiger partial charge in [-0.25, -0.2) is 0 Å². The zero-order chi connectivity index (χ0) is 9.00. The van der Waals surface area contributed by atoms with Crippen LogP contribution in [0.1, 0.15) is 0 Å². The lowest BCUT2D eigenvalue weighted by Crippen LogP contribution is -2.58. The van der Waals surface area contributed by atoms with Gasteiger partial charge in [0.25, 0.3) is 0 Å². The second-order valence-corrected chi connectivity index (χ2v) is 2.42. The van der Waals surface area contributed by atoms with Crippen LogP contribution in [0.3, 0.4) is 0 Å². The quantitative estimate of drug-likeness (QED) is 0.297. The molecular formula is H2ClFO7S. The molecule has 0 aliphatic heterocycles. The fourth-order valence-corrected chi connectivity index (χ4v) is 0. The van der Waals surface area contributed by atoms with E-state index in [2.05, 4.69) is 0 Å². The average Bonchev–Trinajstić information content (AvgIpc) is 1.12. The van der Waals surface area contributed by atoms with Crippen molar-refractivity contribution in [2.45, 2.75) is 0 Å². The van der Waals surface area contributed by atoms with Crippen LogP contribution in [0, 0.1) is 10.2 Å². The number of halogens is 2. The maximum atomic E-state index is 10.2. The zero-order valence-corrected chi connectivity index (χ0v) is 5.67. The molecule has 0 aromatic heterocycles. The van der Waals surface area contributed by atoms with E-state index in [0.29, 0.717) is 0 Å². The van der Waals surface area contributed by atoms with Crippen LogP contribution in [0.25, 0.3) is 0 Å². The van der Waals surface area contributed by atoms with Crippen molar-refractivity contribution in [1.82, 2.24) is 0 Å². The second-order valence-electron chi connectivity index (χ2n) is 0.808. The summed E-state index contributed by atoms with van der Waals surface area (Å²) in [6, 6.07) is 0. The molecule has 0 aliphatic rings. The van der Waals surface area contributed by atoms with Crippen molar-refractivity contribution in [1.29, 1.82) is 0 Å². The first kappa shape index (κ1) is 12.6. The predicted octanol–water partition coefficient (Wildman–Crippen LogP) is -4.37. The number of hydrogen-bond donors (Lipinski definition) is 2. The van der Waals surface area contributed by atoms with E-state index >= 15 is 0 Å². The molecule has 0 fully saturated rings. The lowest BCUT2D eigenvalue weighted by Gasteiger charge is -2.03. The molecule has 7 nitrogen and oxygen atoms in total. The Labute approximate surface area is 57.1 Å². The van der Waals surface area contributed by atoms with Crippen LogP contribution in [-0.4, -0.2) is 17.6 Å². The summed E-state index contributed by atoms with van der Waals surface area (Å²) < 4.78 is 66.8. The fourth-order valence-electron chi connectivity index (χ4n) is 0. The van der Waals surface area contributed by atoms with Crippen molar-refractivity contribution >= 4 is 10.5 Å². The Bertz CT molecular complexity index is 149. The van der Waals surface area contributed by atoms with Gasteiger partial charge in [0.15, 0.2) is 0 Å². The minimum absolute atomic E-state index is 4.69. The van der Waals surface area contributed by atoms with E-state index in [0.717, 1.165) is 0 Å². The normalized spacial score (nSPS) is 11.8. The van der Waals surface area contributed by atoms with Gasteiger partial charge in [-0.3, -0.25) is 4.55 Å². The van der Waals surface area contributed by atoms with E-state index in [1.807, 2.05) is 0 Å². The van der Waals surface area contributed by atoms with Crippen molar-refractivity contribution in [3.05, 3.63) is 0 Å². The van der Waals surface area contributed by atoms with Gasteiger partial charge in [-0.2, -0.15) is 22.4 Å². The summed E-state index contributed by atoms with van der Waals surface area (Å²) in [4.78, 5) is 0. The van der Waals surface area contributed by atoms with Gasteiger partial charge in [0.05, 0.1) is 14.9 Å². The van der Waals surface area contributed by atoms with Gasteiger partial charge in [0.2, 0.25) is 0 Å². The van der Waals surface area contributed by atoms with Gasteiger partial charge in [-0.15, -0.1) is 0 Å². The van der Waals surface area contributed by atoms with Crippen molar-refractivity contribution in [2.75, 3.05) is 0 Å². The SMILES string of the molecule is O=S(=O)(O)F.[O-][Cl+3]([O-])([O-])O. The Hall–Kier alpha value is -0.0300. The predicted molar refractivity (Wildman–Crippen MR) is 14.9 cm³/mol. The van der Waals surface area contributed by atoms with E-state index in [9.17, 15) is 3.89 Å². The van der Waals surface area contributed by atoms with Gasteiger partial charge in [0.1, 0.15) is 0 Å². The molecule has 0 saturated carbocycles. The van der Waals surface area contributed by atoms with Crippen molar-refractivity contribution < 1.29 is 45.7 Å². The zero-order valence-electron chi connectivity index (χ0n) is 4.10. The molecule has 64 valence electrons. The van der Waals surface area contributed by atoms with Gasteiger partial charge < -0.3 is 0 Å². The van der Waals surface area contributed by atoms with Crippen molar-refractivity contribution in [2.24, 2.45) is 0 Å². The van der Waals surface area contributed by atoms with Crippen LogP contribution in [0.5, 0.6) is 0 Å². The molecule has 0 aliphatic carbocycles. The first-order valence-electron chi connectivity index (χ1n) is 1.30. The summed E-state index contributed by atoms with van der Waals surface area (Å²) in [5.41, 5.74) is 0.